The van der Waals surface area contributed by atoms with Crippen molar-refractivity contribution in [2.24, 2.45) is 0 Å². The van der Waals surface area contributed by atoms with Crippen molar-refractivity contribution in [1.29, 1.82) is 0 Å². The summed E-state index contributed by atoms with van der Waals surface area (Å²) in [4.78, 5) is 19.7. The number of nitrogens with one attached hydrogen (secondary N) is 1. The highest BCUT2D eigenvalue weighted by molar-refractivity contribution is 6.31. The highest BCUT2D eigenvalue weighted by Crippen LogP contribution is 2.36. The number of carbonyl (C=O) groups excluding carboxylic acids is 1. The van der Waals surface area contributed by atoms with Crippen molar-refractivity contribution in [2.45, 2.75) is 25.3 Å². The maximum atomic E-state index is 15.1. The smallest absolute Gasteiger partial charge is 0.295 e. The summed E-state index contributed by atoms with van der Waals surface area (Å²) in [6, 6.07) is 6.22. The van der Waals surface area contributed by atoms with Crippen molar-refractivity contribution >= 4 is 34.6 Å². The molecule has 3 heterocycles. The molecular formula is C22H18ClF3N6O2. The Labute approximate surface area is 196 Å². The van der Waals surface area contributed by atoms with E-state index < -0.39 is 30.1 Å². The van der Waals surface area contributed by atoms with E-state index in [1.165, 1.54) is 31.5 Å². The fourth-order valence-corrected chi connectivity index (χ4v) is 4.17. The number of oxazole rings is 1. The number of aryl methyl sites for hydroxylation is 1. The van der Waals surface area contributed by atoms with Gasteiger partial charge in [-0.2, -0.15) is 20.0 Å². The zero-order valence-electron chi connectivity index (χ0n) is 17.8. The number of halogens is 4. The standard InChI is InChI=1S/C22H18ClF3N6O2/c1-12-2-4-15(32-28-7-8-29-32)18(19(12)24)20(33)31-9-6-22(25,26)17(31)11-27-21-30-14-10-13(23)3-5-16(14)34-21/h2-5,7-8,10,17H,6,9,11H2,1H3,(H,27,30). The zero-order valence-corrected chi connectivity index (χ0v) is 18.6. The molecule has 0 spiro atoms. The lowest BCUT2D eigenvalue weighted by atomic mass is 10.1. The second-order valence-electron chi connectivity index (χ2n) is 7.95. The van der Waals surface area contributed by atoms with Gasteiger partial charge in [-0.25, -0.2) is 13.2 Å². The van der Waals surface area contributed by atoms with Gasteiger partial charge in [0.25, 0.3) is 17.8 Å². The monoisotopic (exact) mass is 490 g/mol. The number of fused-ring (bicyclic) bond motifs is 1. The van der Waals surface area contributed by atoms with Crippen LogP contribution in [0.15, 0.2) is 47.1 Å². The molecule has 0 bridgehead atoms. The Balaban J connectivity index is 1.45. The van der Waals surface area contributed by atoms with Gasteiger partial charge in [-0.05, 0) is 36.8 Å². The molecule has 2 aromatic carbocycles. The number of alkyl halides is 2. The predicted molar refractivity (Wildman–Crippen MR) is 118 cm³/mol. The predicted octanol–water partition coefficient (Wildman–Crippen LogP) is 4.47. The zero-order chi connectivity index (χ0) is 24.0. The normalized spacial score (nSPS) is 17.4. The van der Waals surface area contributed by atoms with Gasteiger partial charge in [0.15, 0.2) is 5.58 Å². The van der Waals surface area contributed by atoms with E-state index in [4.69, 9.17) is 16.0 Å². The van der Waals surface area contributed by atoms with Crippen LogP contribution in [0, 0.1) is 12.7 Å². The van der Waals surface area contributed by atoms with Crippen LogP contribution in [0.2, 0.25) is 5.02 Å². The fourth-order valence-electron chi connectivity index (χ4n) is 4.01. The van der Waals surface area contributed by atoms with Gasteiger partial charge in [-0.1, -0.05) is 17.7 Å². The number of benzene rings is 2. The van der Waals surface area contributed by atoms with Gasteiger partial charge in [0.1, 0.15) is 28.6 Å². The summed E-state index contributed by atoms with van der Waals surface area (Å²) in [5.74, 6) is -4.89. The lowest BCUT2D eigenvalue weighted by molar-refractivity contribution is -0.0250. The number of hydrogen-bond donors (Lipinski definition) is 1. The summed E-state index contributed by atoms with van der Waals surface area (Å²) in [6.07, 6.45) is 2.18. The quantitative estimate of drug-likeness (QED) is 0.444. The number of aromatic nitrogens is 4. The average molecular weight is 491 g/mol. The first-order chi connectivity index (χ1) is 16.2. The maximum Gasteiger partial charge on any atom is 0.295 e. The molecule has 2 aromatic heterocycles. The summed E-state index contributed by atoms with van der Waals surface area (Å²) < 4.78 is 50.3. The van der Waals surface area contributed by atoms with Crippen molar-refractivity contribution in [2.75, 3.05) is 18.4 Å². The second-order valence-corrected chi connectivity index (χ2v) is 8.38. The maximum absolute atomic E-state index is 15.1. The summed E-state index contributed by atoms with van der Waals surface area (Å²) in [7, 11) is 0. The van der Waals surface area contributed by atoms with Crippen molar-refractivity contribution in [3.8, 4) is 5.69 Å². The molecule has 0 radical (unpaired) electrons. The van der Waals surface area contributed by atoms with Crippen LogP contribution >= 0.6 is 11.6 Å². The van der Waals surface area contributed by atoms with Crippen LogP contribution < -0.4 is 5.32 Å². The van der Waals surface area contributed by atoms with Gasteiger partial charge in [-0.15, -0.1) is 0 Å². The van der Waals surface area contributed by atoms with E-state index in [-0.39, 0.29) is 35.9 Å². The van der Waals surface area contributed by atoms with E-state index in [1.54, 1.807) is 18.2 Å². The molecule has 12 heteroatoms. The molecule has 1 N–H and O–H groups in total. The second kappa shape index (κ2) is 8.32. The fraction of sp³-hybridized carbons (Fsp3) is 0.273. The van der Waals surface area contributed by atoms with Crippen molar-refractivity contribution < 1.29 is 22.4 Å². The minimum atomic E-state index is -3.21. The Morgan fingerprint density at radius 1 is 1.26 bits per heavy atom. The summed E-state index contributed by atoms with van der Waals surface area (Å²) in [5, 5.41) is 11.1. The minimum Gasteiger partial charge on any atom is -0.424 e. The van der Waals surface area contributed by atoms with Gasteiger partial charge in [0, 0.05) is 24.5 Å². The molecule has 5 rings (SSSR count). The molecule has 8 nitrogen and oxygen atoms in total. The number of anilines is 1. The largest absolute Gasteiger partial charge is 0.424 e. The molecule has 1 fully saturated rings. The molecule has 0 aliphatic carbocycles. The Morgan fingerprint density at radius 3 is 2.79 bits per heavy atom. The van der Waals surface area contributed by atoms with E-state index >= 15 is 4.39 Å². The van der Waals surface area contributed by atoms with Crippen molar-refractivity contribution in [3.63, 3.8) is 0 Å². The van der Waals surface area contributed by atoms with Gasteiger partial charge >= 0.3 is 0 Å². The Hall–Kier alpha value is -3.60. The molecule has 0 saturated carbocycles. The van der Waals surface area contributed by atoms with Gasteiger partial charge in [0.05, 0.1) is 12.4 Å². The molecule has 1 unspecified atom stereocenters. The Bertz CT molecular complexity index is 1370. The van der Waals surface area contributed by atoms with E-state index in [0.29, 0.717) is 16.1 Å². The Morgan fingerprint density at radius 2 is 2.03 bits per heavy atom. The van der Waals surface area contributed by atoms with Gasteiger partial charge in [-0.3, -0.25) is 4.79 Å². The SMILES string of the molecule is Cc1ccc(-n2nccn2)c(C(=O)N2CCC(F)(F)C2CNc2nc3cc(Cl)ccc3o2)c1F. The van der Waals surface area contributed by atoms with Crippen LogP contribution in [0.4, 0.5) is 19.2 Å². The topological polar surface area (TPSA) is 89.1 Å². The molecule has 176 valence electrons. The average Bonchev–Trinajstić information content (AvgIpc) is 3.52. The van der Waals surface area contributed by atoms with Gasteiger partial charge < -0.3 is 14.6 Å². The first kappa shape index (κ1) is 22.2. The molecule has 1 aliphatic heterocycles. The molecule has 1 aliphatic rings. The first-order valence-electron chi connectivity index (χ1n) is 10.4. The molecule has 4 aromatic rings. The van der Waals surface area contributed by atoms with Crippen LogP contribution in [0.25, 0.3) is 16.8 Å². The molecule has 1 saturated heterocycles. The van der Waals surface area contributed by atoms with Crippen LogP contribution in [0.1, 0.15) is 22.3 Å². The Kier molecular flexibility index (Phi) is 5.43. The highest BCUT2D eigenvalue weighted by Gasteiger charge is 2.51. The number of hydrogen-bond acceptors (Lipinski definition) is 6. The van der Waals surface area contributed by atoms with Crippen molar-refractivity contribution in [1.82, 2.24) is 24.9 Å². The van der Waals surface area contributed by atoms with Crippen LogP contribution in [0.3, 0.4) is 0 Å². The third kappa shape index (κ3) is 3.85. The van der Waals surface area contributed by atoms with E-state index in [2.05, 4.69) is 20.5 Å². The van der Waals surface area contributed by atoms with Gasteiger partial charge in [0.2, 0.25) is 0 Å². The highest BCUT2D eigenvalue weighted by atomic mass is 35.5. The van der Waals surface area contributed by atoms with Crippen LogP contribution in [-0.4, -0.2) is 55.8 Å². The van der Waals surface area contributed by atoms with Crippen molar-refractivity contribution in [3.05, 3.63) is 64.7 Å². The number of rotatable bonds is 5. The third-order valence-corrected chi connectivity index (χ3v) is 6.00. The summed E-state index contributed by atoms with van der Waals surface area (Å²) in [6.45, 7) is 0.881. The lowest BCUT2D eigenvalue weighted by Crippen LogP contribution is -2.47. The molecular weight excluding hydrogens is 473 g/mol. The van der Waals surface area contributed by atoms with Crippen LogP contribution in [-0.2, 0) is 0 Å². The third-order valence-electron chi connectivity index (χ3n) is 5.77. The molecule has 1 atom stereocenters. The lowest BCUT2D eigenvalue weighted by Gasteiger charge is -2.28. The van der Waals surface area contributed by atoms with E-state index in [9.17, 15) is 13.6 Å². The number of amides is 1. The van der Waals surface area contributed by atoms with E-state index in [1.807, 2.05) is 0 Å². The summed E-state index contributed by atoms with van der Waals surface area (Å²) >= 11 is 5.95. The number of carbonyl (C=O) groups is 1. The number of likely N-dealkylation sites (tertiary alicyclic amines) is 1. The molecule has 34 heavy (non-hydrogen) atoms. The van der Waals surface area contributed by atoms with E-state index in [0.717, 1.165) is 9.70 Å². The van der Waals surface area contributed by atoms with Crippen LogP contribution in [0.5, 0.6) is 0 Å². The minimum absolute atomic E-state index is 0.00975. The first-order valence-corrected chi connectivity index (χ1v) is 10.8. The number of nitrogens with zero attached hydrogens (tertiary/aromatic N) is 5. The summed E-state index contributed by atoms with van der Waals surface area (Å²) in [5.41, 5.74) is 0.784. The molecule has 1 amide bonds.